The number of nitrogens with one attached hydrogen (secondary N) is 2. The van der Waals surface area contributed by atoms with E-state index >= 15 is 0 Å². The minimum absolute atomic E-state index is 0.131. The van der Waals surface area contributed by atoms with Crippen molar-refractivity contribution in [3.05, 3.63) is 105 Å². The predicted molar refractivity (Wildman–Crippen MR) is 184 cm³/mol. The van der Waals surface area contributed by atoms with Crippen molar-refractivity contribution in [2.75, 3.05) is 71.9 Å². The third-order valence-electron chi connectivity index (χ3n) is 7.54. The number of hydrogen-bond acceptors (Lipinski definition) is 8. The van der Waals surface area contributed by atoms with Gasteiger partial charge in [-0.2, -0.15) is 0 Å². The number of ether oxygens (including phenoxy) is 1. The summed E-state index contributed by atoms with van der Waals surface area (Å²) in [5.41, 5.74) is 2.54. The zero-order valence-electron chi connectivity index (χ0n) is 27.0. The standard InChI is InChI=1S/C28H33N5O6.C7H7Cl/c1-31(2)11-10-29-27(36)20-6-4-5-7-22(20)32-12-14-33(15-13-32)26(35)18-30-28(37)25-17-23(34)21-16-19(38-3)8-9-24(21)39-25;1-6-2-4-7(8)5-3-6/h4-9,16-17H,10-15,18H2,1-3H3,(H,29,36)(H,30,37);2-5H,1H3. The molecule has 4 aromatic rings. The van der Waals surface area contributed by atoms with Crippen LogP contribution in [-0.4, -0.2) is 94.5 Å². The lowest BCUT2D eigenvalue weighted by atomic mass is 10.1. The molecule has 0 spiro atoms. The fourth-order valence-corrected chi connectivity index (χ4v) is 5.01. The highest BCUT2D eigenvalue weighted by Gasteiger charge is 2.24. The summed E-state index contributed by atoms with van der Waals surface area (Å²) in [7, 11) is 5.39. The average molecular weight is 662 g/mol. The SMILES string of the molecule is COc1ccc2oc(C(=O)NCC(=O)N3CCN(c4ccccc4C(=O)NCCN(C)C)CC3)cc(=O)c2c1.Cc1ccc(Cl)cc1. The number of amides is 3. The number of halogens is 1. The van der Waals surface area contributed by atoms with Crippen molar-refractivity contribution in [1.82, 2.24) is 20.4 Å². The van der Waals surface area contributed by atoms with E-state index in [1.165, 1.54) is 12.7 Å². The smallest absolute Gasteiger partial charge is 0.287 e. The van der Waals surface area contributed by atoms with Crippen molar-refractivity contribution in [3.63, 3.8) is 0 Å². The Balaban J connectivity index is 0.000000546. The van der Waals surface area contributed by atoms with Crippen LogP contribution in [0.25, 0.3) is 11.0 Å². The van der Waals surface area contributed by atoms with Crippen LogP contribution < -0.4 is 25.7 Å². The van der Waals surface area contributed by atoms with E-state index < -0.39 is 5.91 Å². The molecule has 3 amide bonds. The molecule has 47 heavy (non-hydrogen) atoms. The number of piperazine rings is 1. The van der Waals surface area contributed by atoms with Crippen molar-refractivity contribution in [1.29, 1.82) is 0 Å². The summed E-state index contributed by atoms with van der Waals surface area (Å²) in [6.07, 6.45) is 0. The number of para-hydroxylation sites is 1. The summed E-state index contributed by atoms with van der Waals surface area (Å²) in [5, 5.41) is 6.60. The van der Waals surface area contributed by atoms with Crippen LogP contribution in [0.3, 0.4) is 0 Å². The summed E-state index contributed by atoms with van der Waals surface area (Å²) in [6, 6.07) is 21.0. The number of nitrogens with zero attached hydrogens (tertiary/aromatic N) is 3. The lowest BCUT2D eigenvalue weighted by molar-refractivity contribution is -0.130. The third kappa shape index (κ3) is 9.81. The second-order valence-electron chi connectivity index (χ2n) is 11.3. The minimum Gasteiger partial charge on any atom is -0.497 e. The molecule has 0 saturated carbocycles. The maximum atomic E-state index is 12.8. The van der Waals surface area contributed by atoms with Crippen molar-refractivity contribution in [2.45, 2.75) is 6.92 Å². The van der Waals surface area contributed by atoms with E-state index in [0.717, 1.165) is 23.3 Å². The van der Waals surface area contributed by atoms with Crippen LogP contribution in [0.5, 0.6) is 5.75 Å². The number of hydrogen-bond donors (Lipinski definition) is 2. The largest absolute Gasteiger partial charge is 0.497 e. The Kier molecular flexibility index (Phi) is 12.4. The number of methoxy groups -OCH3 is 1. The van der Waals surface area contributed by atoms with Gasteiger partial charge in [0.1, 0.15) is 11.3 Å². The van der Waals surface area contributed by atoms with E-state index in [1.807, 2.05) is 68.4 Å². The molecule has 0 aliphatic carbocycles. The molecule has 1 fully saturated rings. The second kappa shape index (κ2) is 16.6. The van der Waals surface area contributed by atoms with Gasteiger partial charge in [-0.1, -0.05) is 41.4 Å². The van der Waals surface area contributed by atoms with Gasteiger partial charge in [0.2, 0.25) is 5.91 Å². The Morgan fingerprint density at radius 2 is 1.62 bits per heavy atom. The van der Waals surface area contributed by atoms with Crippen LogP contribution in [-0.2, 0) is 4.79 Å². The Bertz CT molecular complexity index is 1730. The molecule has 0 unspecified atom stereocenters. The molecule has 0 atom stereocenters. The molecule has 3 aromatic carbocycles. The first-order chi connectivity index (χ1) is 22.5. The quantitative estimate of drug-likeness (QED) is 0.278. The van der Waals surface area contributed by atoms with E-state index in [0.29, 0.717) is 49.4 Å². The Morgan fingerprint density at radius 1 is 0.915 bits per heavy atom. The number of aryl methyl sites for hydroxylation is 1. The zero-order chi connectivity index (χ0) is 33.9. The Hall–Kier alpha value is -4.87. The molecule has 5 rings (SSSR count). The summed E-state index contributed by atoms with van der Waals surface area (Å²) >= 11 is 5.61. The number of rotatable bonds is 9. The molecular weight excluding hydrogens is 622 g/mol. The highest BCUT2D eigenvalue weighted by Crippen LogP contribution is 2.22. The maximum Gasteiger partial charge on any atom is 0.287 e. The van der Waals surface area contributed by atoms with Gasteiger partial charge in [-0.05, 0) is 63.5 Å². The molecule has 1 aliphatic heterocycles. The summed E-state index contributed by atoms with van der Waals surface area (Å²) in [5.74, 6) is -0.690. The monoisotopic (exact) mass is 661 g/mol. The zero-order valence-corrected chi connectivity index (χ0v) is 27.8. The third-order valence-corrected chi connectivity index (χ3v) is 7.79. The lowest BCUT2D eigenvalue weighted by Gasteiger charge is -2.37. The second-order valence-corrected chi connectivity index (χ2v) is 11.7. The van der Waals surface area contributed by atoms with E-state index in [-0.39, 0.29) is 35.1 Å². The summed E-state index contributed by atoms with van der Waals surface area (Å²) in [4.78, 5) is 56.4. The summed E-state index contributed by atoms with van der Waals surface area (Å²) in [6.45, 7) is 5.08. The fraction of sp³-hybridized carbons (Fsp3) is 0.314. The van der Waals surface area contributed by atoms with Crippen LogP contribution in [0.4, 0.5) is 5.69 Å². The predicted octanol–water partition coefficient (Wildman–Crippen LogP) is 3.82. The molecule has 0 radical (unpaired) electrons. The van der Waals surface area contributed by atoms with Gasteiger partial charge >= 0.3 is 0 Å². The maximum absolute atomic E-state index is 12.8. The number of carbonyl (C=O) groups excluding carboxylic acids is 3. The minimum atomic E-state index is -0.647. The molecule has 1 aromatic heterocycles. The Labute approximate surface area is 279 Å². The van der Waals surface area contributed by atoms with Crippen LogP contribution in [0.1, 0.15) is 26.5 Å². The van der Waals surface area contributed by atoms with E-state index in [9.17, 15) is 19.2 Å². The molecule has 2 heterocycles. The highest BCUT2D eigenvalue weighted by atomic mass is 35.5. The lowest BCUT2D eigenvalue weighted by Crippen LogP contribution is -2.51. The first-order valence-electron chi connectivity index (χ1n) is 15.2. The molecule has 12 heteroatoms. The van der Waals surface area contributed by atoms with E-state index in [2.05, 4.69) is 15.5 Å². The molecule has 1 aliphatic rings. The fourth-order valence-electron chi connectivity index (χ4n) is 4.89. The van der Waals surface area contributed by atoms with Gasteiger partial charge < -0.3 is 34.5 Å². The number of likely N-dealkylation sites (N-methyl/N-ethyl adjacent to an activating group) is 1. The molecule has 1 saturated heterocycles. The van der Waals surface area contributed by atoms with Crippen molar-refractivity contribution >= 4 is 46.0 Å². The van der Waals surface area contributed by atoms with Gasteiger partial charge in [-0.15, -0.1) is 0 Å². The van der Waals surface area contributed by atoms with Gasteiger partial charge in [-0.25, -0.2) is 0 Å². The van der Waals surface area contributed by atoms with Crippen LogP contribution >= 0.6 is 11.6 Å². The number of carbonyl (C=O) groups is 3. The molecule has 11 nitrogen and oxygen atoms in total. The van der Waals surface area contributed by atoms with Crippen LogP contribution in [0.2, 0.25) is 5.02 Å². The van der Waals surface area contributed by atoms with Gasteiger partial charge in [0, 0.05) is 56.0 Å². The molecular formula is C35H40ClN5O6. The Morgan fingerprint density at radius 3 is 2.28 bits per heavy atom. The van der Waals surface area contributed by atoms with Gasteiger partial charge in [0.15, 0.2) is 11.2 Å². The van der Waals surface area contributed by atoms with Crippen molar-refractivity contribution < 1.29 is 23.5 Å². The normalized spacial score (nSPS) is 12.7. The molecule has 2 N–H and O–H groups in total. The van der Waals surface area contributed by atoms with Gasteiger partial charge in [-0.3, -0.25) is 19.2 Å². The van der Waals surface area contributed by atoms with E-state index in [4.69, 9.17) is 20.8 Å². The topological polar surface area (TPSA) is 124 Å². The first kappa shape index (κ1) is 35.0. The molecule has 248 valence electrons. The van der Waals surface area contributed by atoms with Crippen molar-refractivity contribution in [2.24, 2.45) is 0 Å². The number of benzene rings is 3. The van der Waals surface area contributed by atoms with Gasteiger partial charge in [0.25, 0.3) is 11.8 Å². The average Bonchev–Trinajstić information content (AvgIpc) is 3.08. The number of fused-ring (bicyclic) bond motifs is 1. The van der Waals surface area contributed by atoms with Crippen LogP contribution in [0, 0.1) is 6.92 Å². The first-order valence-corrected chi connectivity index (χ1v) is 15.6. The van der Waals surface area contributed by atoms with E-state index in [1.54, 1.807) is 29.2 Å². The van der Waals surface area contributed by atoms with Crippen LogP contribution in [0.15, 0.2) is 82.0 Å². The highest BCUT2D eigenvalue weighted by molar-refractivity contribution is 6.30. The van der Waals surface area contributed by atoms with Crippen molar-refractivity contribution in [3.8, 4) is 5.75 Å². The summed E-state index contributed by atoms with van der Waals surface area (Å²) < 4.78 is 10.7. The number of anilines is 1. The molecule has 0 bridgehead atoms. The van der Waals surface area contributed by atoms with Gasteiger partial charge in [0.05, 0.1) is 24.6 Å².